The van der Waals surface area contributed by atoms with E-state index >= 15 is 0 Å². The molecule has 2 aliphatic carbocycles. The van der Waals surface area contributed by atoms with Gasteiger partial charge in [-0.15, -0.1) is 5.10 Å². The first-order valence-electron chi connectivity index (χ1n) is 13.8. The van der Waals surface area contributed by atoms with Crippen molar-refractivity contribution in [1.29, 1.82) is 0 Å². The first-order chi connectivity index (χ1) is 17.0. The molecule has 35 heavy (non-hydrogen) atoms. The van der Waals surface area contributed by atoms with Gasteiger partial charge in [0.15, 0.2) is 0 Å². The SMILES string of the molecule is CC(C)CCCOCCn1nnc2c1CCC1C(CC2)C1COC(=O)CCCOCCOC(C)C. The van der Waals surface area contributed by atoms with Gasteiger partial charge >= 0.3 is 5.97 Å². The summed E-state index contributed by atoms with van der Waals surface area (Å²) in [7, 11) is 0. The number of ether oxygens (including phenoxy) is 4. The van der Waals surface area contributed by atoms with Crippen molar-refractivity contribution in [3.05, 3.63) is 11.4 Å². The van der Waals surface area contributed by atoms with Crippen LogP contribution >= 0.6 is 0 Å². The molecule has 0 radical (unpaired) electrons. The lowest BCUT2D eigenvalue weighted by Crippen LogP contribution is -2.13. The Morgan fingerprint density at radius 3 is 2.49 bits per heavy atom. The van der Waals surface area contributed by atoms with Crippen LogP contribution in [-0.4, -0.2) is 66.7 Å². The van der Waals surface area contributed by atoms with Crippen LogP contribution in [0.3, 0.4) is 0 Å². The molecular weight excluding hydrogens is 446 g/mol. The second kappa shape index (κ2) is 14.9. The third-order valence-corrected chi connectivity index (χ3v) is 7.16. The molecule has 0 N–H and O–H groups in total. The molecule has 1 aromatic heterocycles. The highest BCUT2D eigenvalue weighted by Gasteiger charge is 2.50. The zero-order chi connectivity index (χ0) is 25.0. The average Bonchev–Trinajstić information content (AvgIpc) is 3.31. The molecule has 3 rings (SSSR count). The Balaban J connectivity index is 1.28. The molecule has 0 saturated heterocycles. The molecule has 0 bridgehead atoms. The van der Waals surface area contributed by atoms with E-state index in [1.54, 1.807) is 0 Å². The van der Waals surface area contributed by atoms with Crippen molar-refractivity contribution >= 4 is 5.97 Å². The highest BCUT2D eigenvalue weighted by atomic mass is 16.5. The van der Waals surface area contributed by atoms with Gasteiger partial charge in [-0.2, -0.15) is 0 Å². The fraction of sp³-hybridized carbons (Fsp3) is 0.889. The molecule has 0 aromatic carbocycles. The molecule has 3 unspecified atom stereocenters. The van der Waals surface area contributed by atoms with Gasteiger partial charge in [-0.25, -0.2) is 4.68 Å². The van der Waals surface area contributed by atoms with Crippen LogP contribution in [0, 0.1) is 23.7 Å². The Morgan fingerprint density at radius 2 is 1.71 bits per heavy atom. The number of carbonyl (C=O) groups is 1. The number of esters is 1. The molecule has 0 aliphatic heterocycles. The van der Waals surface area contributed by atoms with Crippen LogP contribution in [0.5, 0.6) is 0 Å². The van der Waals surface area contributed by atoms with E-state index in [0.717, 1.165) is 56.9 Å². The first kappa shape index (κ1) is 28.1. The molecule has 8 heteroatoms. The quantitative estimate of drug-likeness (QED) is 0.237. The lowest BCUT2D eigenvalue weighted by molar-refractivity contribution is -0.144. The molecule has 0 spiro atoms. The number of carbonyl (C=O) groups excluding carboxylic acids is 1. The van der Waals surface area contributed by atoms with Crippen LogP contribution in [0.2, 0.25) is 0 Å². The van der Waals surface area contributed by atoms with E-state index in [1.807, 2.05) is 18.5 Å². The van der Waals surface area contributed by atoms with Gasteiger partial charge in [0.25, 0.3) is 0 Å². The number of fused-ring (bicyclic) bond motifs is 2. The topological polar surface area (TPSA) is 84.7 Å². The molecule has 1 aromatic rings. The Kier molecular flexibility index (Phi) is 12.0. The second-order valence-electron chi connectivity index (χ2n) is 10.7. The van der Waals surface area contributed by atoms with Gasteiger partial charge in [-0.1, -0.05) is 19.1 Å². The molecule has 0 amide bonds. The van der Waals surface area contributed by atoms with Gasteiger partial charge in [0.05, 0.1) is 50.5 Å². The largest absolute Gasteiger partial charge is 0.465 e. The zero-order valence-electron chi connectivity index (χ0n) is 22.4. The number of hydrogen-bond acceptors (Lipinski definition) is 7. The van der Waals surface area contributed by atoms with Crippen LogP contribution in [-0.2, 0) is 43.1 Å². The maximum absolute atomic E-state index is 12.1. The number of aromatic nitrogens is 3. The number of aryl methyl sites for hydroxylation is 1. The summed E-state index contributed by atoms with van der Waals surface area (Å²) in [6.45, 7) is 13.1. The van der Waals surface area contributed by atoms with E-state index in [2.05, 4.69) is 24.2 Å². The summed E-state index contributed by atoms with van der Waals surface area (Å²) in [5.41, 5.74) is 2.42. The van der Waals surface area contributed by atoms with Crippen molar-refractivity contribution in [3.8, 4) is 0 Å². The lowest BCUT2D eigenvalue weighted by atomic mass is 10.0. The molecule has 2 aliphatic rings. The predicted molar refractivity (Wildman–Crippen MR) is 134 cm³/mol. The van der Waals surface area contributed by atoms with E-state index in [-0.39, 0.29) is 12.1 Å². The predicted octanol–water partition coefficient (Wildman–Crippen LogP) is 4.24. The smallest absolute Gasteiger partial charge is 0.305 e. The summed E-state index contributed by atoms with van der Waals surface area (Å²) >= 11 is 0. The van der Waals surface area contributed by atoms with E-state index in [1.165, 1.54) is 12.1 Å². The molecule has 1 saturated carbocycles. The molecule has 8 nitrogen and oxygen atoms in total. The Bertz CT molecular complexity index is 751. The fourth-order valence-electron chi connectivity index (χ4n) is 5.12. The van der Waals surface area contributed by atoms with E-state index < -0.39 is 0 Å². The summed E-state index contributed by atoms with van der Waals surface area (Å²) in [6, 6.07) is 0. The summed E-state index contributed by atoms with van der Waals surface area (Å²) in [5.74, 6) is 2.41. The Morgan fingerprint density at radius 1 is 0.971 bits per heavy atom. The number of hydrogen-bond donors (Lipinski definition) is 0. The van der Waals surface area contributed by atoms with Gasteiger partial charge < -0.3 is 18.9 Å². The van der Waals surface area contributed by atoms with Gasteiger partial charge in [0.2, 0.25) is 0 Å². The summed E-state index contributed by atoms with van der Waals surface area (Å²) < 4.78 is 24.4. The fourth-order valence-corrected chi connectivity index (χ4v) is 5.12. The Labute approximate surface area is 211 Å². The van der Waals surface area contributed by atoms with E-state index in [4.69, 9.17) is 18.9 Å². The minimum Gasteiger partial charge on any atom is -0.465 e. The van der Waals surface area contributed by atoms with Crippen molar-refractivity contribution in [2.24, 2.45) is 23.7 Å². The van der Waals surface area contributed by atoms with Crippen LogP contribution < -0.4 is 0 Å². The normalized spacial score (nSPS) is 21.5. The maximum Gasteiger partial charge on any atom is 0.305 e. The first-order valence-corrected chi connectivity index (χ1v) is 13.8. The number of nitrogens with zero attached hydrogens (tertiary/aromatic N) is 3. The minimum absolute atomic E-state index is 0.111. The maximum atomic E-state index is 12.1. The van der Waals surface area contributed by atoms with Gasteiger partial charge in [0.1, 0.15) is 0 Å². The summed E-state index contributed by atoms with van der Waals surface area (Å²) in [4.78, 5) is 12.1. The zero-order valence-corrected chi connectivity index (χ0v) is 22.4. The Hall–Kier alpha value is -1.51. The summed E-state index contributed by atoms with van der Waals surface area (Å²) in [5, 5.41) is 8.88. The van der Waals surface area contributed by atoms with Crippen molar-refractivity contribution in [2.45, 2.75) is 91.7 Å². The molecule has 1 fully saturated rings. The monoisotopic (exact) mass is 493 g/mol. The van der Waals surface area contributed by atoms with E-state index in [9.17, 15) is 4.79 Å². The summed E-state index contributed by atoms with van der Waals surface area (Å²) in [6.07, 6.45) is 7.84. The number of rotatable bonds is 17. The van der Waals surface area contributed by atoms with Gasteiger partial charge in [0, 0.05) is 19.6 Å². The standard InChI is InChI=1S/C27H47N3O5/c1-20(2)7-5-14-32-16-13-30-26-12-10-23-22(9-11-25(26)28-29-30)24(23)19-35-27(31)8-6-15-33-17-18-34-21(3)4/h20-24H,5-19H2,1-4H3. The third kappa shape index (κ3) is 9.81. The van der Waals surface area contributed by atoms with Crippen molar-refractivity contribution < 1.29 is 23.7 Å². The van der Waals surface area contributed by atoms with Crippen LogP contribution in [0.1, 0.15) is 77.6 Å². The van der Waals surface area contributed by atoms with Crippen molar-refractivity contribution in [3.63, 3.8) is 0 Å². The minimum atomic E-state index is -0.111. The van der Waals surface area contributed by atoms with Gasteiger partial charge in [-0.05, 0) is 82.5 Å². The lowest BCUT2D eigenvalue weighted by Gasteiger charge is -2.11. The van der Waals surface area contributed by atoms with Crippen LogP contribution in [0.15, 0.2) is 0 Å². The van der Waals surface area contributed by atoms with Crippen molar-refractivity contribution in [2.75, 3.05) is 39.6 Å². The highest BCUT2D eigenvalue weighted by Crippen LogP contribution is 2.52. The van der Waals surface area contributed by atoms with Gasteiger partial charge in [-0.3, -0.25) is 4.79 Å². The third-order valence-electron chi connectivity index (χ3n) is 7.16. The van der Waals surface area contributed by atoms with Crippen LogP contribution in [0.4, 0.5) is 0 Å². The molecule has 1 heterocycles. The highest BCUT2D eigenvalue weighted by molar-refractivity contribution is 5.69. The second-order valence-corrected chi connectivity index (χ2v) is 10.7. The van der Waals surface area contributed by atoms with Crippen molar-refractivity contribution in [1.82, 2.24) is 15.0 Å². The molecule has 200 valence electrons. The van der Waals surface area contributed by atoms with Crippen LogP contribution in [0.25, 0.3) is 0 Å². The molecular formula is C27H47N3O5. The van der Waals surface area contributed by atoms with E-state index in [0.29, 0.717) is 63.6 Å². The average molecular weight is 494 g/mol. The molecule has 3 atom stereocenters.